The summed E-state index contributed by atoms with van der Waals surface area (Å²) in [4.78, 5) is 21.4. The van der Waals surface area contributed by atoms with E-state index in [1.165, 1.54) is 6.07 Å². The summed E-state index contributed by atoms with van der Waals surface area (Å²) in [6, 6.07) is 3.35. The van der Waals surface area contributed by atoms with Crippen LogP contribution in [0.15, 0.2) is 18.2 Å². The van der Waals surface area contributed by atoms with E-state index >= 15 is 0 Å². The molecular weight excluding hydrogens is 283 g/mol. The van der Waals surface area contributed by atoms with Crippen LogP contribution in [0.2, 0.25) is 0 Å². The van der Waals surface area contributed by atoms with E-state index in [1.54, 1.807) is 13.8 Å². The van der Waals surface area contributed by atoms with Gasteiger partial charge < -0.3 is 5.11 Å². The minimum atomic E-state index is -1.33. The summed E-state index contributed by atoms with van der Waals surface area (Å²) < 4.78 is 14.9. The number of carboxylic acids is 1. The minimum absolute atomic E-state index is 0.0932. The topological polar surface area (TPSA) is 111 Å². The van der Waals surface area contributed by atoms with Gasteiger partial charge in [-0.15, -0.1) is 5.10 Å². The van der Waals surface area contributed by atoms with Gasteiger partial charge >= 0.3 is 5.97 Å². The molecule has 1 aromatic carbocycles. The van der Waals surface area contributed by atoms with Crippen molar-refractivity contribution in [2.75, 3.05) is 0 Å². The molecule has 0 unspecified atom stereocenters. The Morgan fingerprint density at radius 3 is 2.67 bits per heavy atom. The zero-order chi connectivity index (χ0) is 15.7. The number of nitrogens with zero attached hydrogens (tertiary/aromatic N) is 4. The molecule has 0 bridgehead atoms. The maximum atomic E-state index is 14.0. The molecule has 8 nitrogen and oxygen atoms in total. The summed E-state index contributed by atoms with van der Waals surface area (Å²) in [5.41, 5.74) is -1.21. The lowest BCUT2D eigenvalue weighted by Crippen LogP contribution is -2.11. The number of rotatable bonds is 4. The Balaban J connectivity index is 2.80. The second-order valence-electron chi connectivity index (χ2n) is 4.56. The standard InChI is InChI=1S/C12H11FN4O4/c1-6(2)10-9(12(18)19)14-15-16(10)11-7(13)4-3-5-8(11)17(20)21/h3-6H,1-2H3,(H,18,19). The molecule has 2 rings (SSSR count). The second-order valence-corrected chi connectivity index (χ2v) is 4.56. The molecule has 0 radical (unpaired) electrons. The number of carbonyl (C=O) groups is 1. The van der Waals surface area contributed by atoms with Crippen molar-refractivity contribution in [3.8, 4) is 5.69 Å². The molecule has 0 saturated heterocycles. The lowest BCUT2D eigenvalue weighted by atomic mass is 10.1. The Morgan fingerprint density at radius 2 is 2.14 bits per heavy atom. The van der Waals surface area contributed by atoms with Crippen molar-refractivity contribution < 1.29 is 19.2 Å². The Kier molecular flexibility index (Phi) is 3.66. The Morgan fingerprint density at radius 1 is 1.48 bits per heavy atom. The molecule has 0 aliphatic heterocycles. The number of aromatic nitrogens is 3. The van der Waals surface area contributed by atoms with E-state index in [0.29, 0.717) is 0 Å². The minimum Gasteiger partial charge on any atom is -0.476 e. The molecule has 0 atom stereocenters. The fourth-order valence-electron chi connectivity index (χ4n) is 1.99. The van der Waals surface area contributed by atoms with Gasteiger partial charge in [0.15, 0.2) is 17.2 Å². The molecule has 0 fully saturated rings. The fraction of sp³-hybridized carbons (Fsp3) is 0.250. The number of aromatic carboxylic acids is 1. The van der Waals surface area contributed by atoms with Crippen molar-refractivity contribution in [2.45, 2.75) is 19.8 Å². The summed E-state index contributed by atoms with van der Waals surface area (Å²) >= 11 is 0. The van der Waals surface area contributed by atoms with Gasteiger partial charge in [-0.1, -0.05) is 25.1 Å². The number of para-hydroxylation sites is 1. The smallest absolute Gasteiger partial charge is 0.358 e. The molecule has 1 heterocycles. The molecule has 1 N–H and O–H groups in total. The quantitative estimate of drug-likeness (QED) is 0.683. The van der Waals surface area contributed by atoms with Gasteiger partial charge in [-0.3, -0.25) is 10.1 Å². The van der Waals surface area contributed by atoms with Crippen LogP contribution in [0.25, 0.3) is 5.69 Å². The van der Waals surface area contributed by atoms with E-state index < -0.39 is 28.1 Å². The van der Waals surface area contributed by atoms with Gasteiger partial charge in [-0.25, -0.2) is 13.9 Å². The Hall–Kier alpha value is -2.84. The van der Waals surface area contributed by atoms with Crippen molar-refractivity contribution in [1.82, 2.24) is 15.0 Å². The molecule has 0 aliphatic carbocycles. The molecule has 110 valence electrons. The zero-order valence-electron chi connectivity index (χ0n) is 11.1. The lowest BCUT2D eigenvalue weighted by molar-refractivity contribution is -0.384. The number of nitro benzene ring substituents is 1. The van der Waals surface area contributed by atoms with E-state index in [0.717, 1.165) is 16.8 Å². The van der Waals surface area contributed by atoms with E-state index in [9.17, 15) is 19.3 Å². The molecule has 0 aliphatic rings. The van der Waals surface area contributed by atoms with E-state index in [2.05, 4.69) is 10.3 Å². The highest BCUT2D eigenvalue weighted by atomic mass is 19.1. The van der Waals surface area contributed by atoms with Crippen LogP contribution >= 0.6 is 0 Å². The zero-order valence-corrected chi connectivity index (χ0v) is 11.1. The highest BCUT2D eigenvalue weighted by Gasteiger charge is 2.28. The predicted octanol–water partition coefficient (Wildman–Crippen LogP) is 2.14. The number of halogens is 1. The van der Waals surface area contributed by atoms with E-state index in [4.69, 9.17) is 5.11 Å². The molecule has 0 spiro atoms. The van der Waals surface area contributed by atoms with Crippen molar-refractivity contribution >= 4 is 11.7 Å². The van der Waals surface area contributed by atoms with Gasteiger partial charge in [0.05, 0.1) is 10.6 Å². The lowest BCUT2D eigenvalue weighted by Gasteiger charge is -2.10. The predicted molar refractivity (Wildman–Crippen MR) is 69.0 cm³/mol. The number of hydrogen-bond donors (Lipinski definition) is 1. The van der Waals surface area contributed by atoms with Crippen molar-refractivity contribution in [3.63, 3.8) is 0 Å². The summed E-state index contributed by atoms with van der Waals surface area (Å²) in [6.45, 7) is 3.32. The van der Waals surface area contributed by atoms with Crippen LogP contribution in [0.4, 0.5) is 10.1 Å². The Bertz CT molecular complexity index is 726. The summed E-state index contributed by atoms with van der Waals surface area (Å²) in [5, 5.41) is 27.2. The van der Waals surface area contributed by atoms with Gasteiger partial charge in [-0.2, -0.15) is 0 Å². The number of hydrogen-bond acceptors (Lipinski definition) is 5. The second kappa shape index (κ2) is 5.27. The van der Waals surface area contributed by atoms with Crippen LogP contribution in [0.3, 0.4) is 0 Å². The normalized spacial score (nSPS) is 10.9. The van der Waals surface area contributed by atoms with Crippen LogP contribution in [-0.4, -0.2) is 31.0 Å². The van der Waals surface area contributed by atoms with Gasteiger partial charge in [0.2, 0.25) is 0 Å². The highest BCUT2D eigenvalue weighted by molar-refractivity contribution is 5.87. The fourth-order valence-corrected chi connectivity index (χ4v) is 1.99. The largest absolute Gasteiger partial charge is 0.476 e. The summed E-state index contributed by atoms with van der Waals surface area (Å²) in [5.74, 6) is -2.58. The molecule has 9 heteroatoms. The van der Waals surface area contributed by atoms with Gasteiger partial charge in [0, 0.05) is 6.07 Å². The summed E-state index contributed by atoms with van der Waals surface area (Å²) in [6.07, 6.45) is 0. The van der Waals surface area contributed by atoms with Gasteiger partial charge in [0.1, 0.15) is 0 Å². The van der Waals surface area contributed by atoms with E-state index in [-0.39, 0.29) is 17.3 Å². The third-order valence-corrected chi connectivity index (χ3v) is 2.83. The third kappa shape index (κ3) is 2.45. The van der Waals surface area contributed by atoms with Crippen LogP contribution in [0.5, 0.6) is 0 Å². The first-order chi connectivity index (χ1) is 9.84. The Labute approximate surface area is 118 Å². The van der Waals surface area contributed by atoms with Crippen LogP contribution in [0, 0.1) is 15.9 Å². The summed E-state index contributed by atoms with van der Waals surface area (Å²) in [7, 11) is 0. The molecule has 2 aromatic rings. The monoisotopic (exact) mass is 294 g/mol. The number of nitro groups is 1. The first-order valence-corrected chi connectivity index (χ1v) is 5.96. The maximum absolute atomic E-state index is 14.0. The van der Waals surface area contributed by atoms with Crippen LogP contribution < -0.4 is 0 Å². The molecule has 0 amide bonds. The van der Waals surface area contributed by atoms with Crippen LogP contribution in [0.1, 0.15) is 35.9 Å². The van der Waals surface area contributed by atoms with Gasteiger partial charge in [-0.05, 0) is 12.0 Å². The first-order valence-electron chi connectivity index (χ1n) is 5.96. The molecule has 0 saturated carbocycles. The molecular formula is C12H11FN4O4. The van der Waals surface area contributed by atoms with Crippen molar-refractivity contribution in [3.05, 3.63) is 45.5 Å². The number of benzene rings is 1. The van der Waals surface area contributed by atoms with Crippen molar-refractivity contribution in [2.24, 2.45) is 0 Å². The first kappa shape index (κ1) is 14.6. The van der Waals surface area contributed by atoms with E-state index in [1.807, 2.05) is 0 Å². The third-order valence-electron chi connectivity index (χ3n) is 2.83. The van der Waals surface area contributed by atoms with Crippen LogP contribution in [-0.2, 0) is 0 Å². The van der Waals surface area contributed by atoms with Crippen molar-refractivity contribution in [1.29, 1.82) is 0 Å². The SMILES string of the molecule is CC(C)c1c(C(=O)O)nnn1-c1c(F)cccc1[N+](=O)[O-]. The molecule has 21 heavy (non-hydrogen) atoms. The number of carboxylic acid groups (broad SMARTS) is 1. The average Bonchev–Trinajstić information content (AvgIpc) is 2.82. The van der Waals surface area contributed by atoms with Gasteiger partial charge in [0.25, 0.3) is 5.69 Å². The molecule has 1 aromatic heterocycles. The maximum Gasteiger partial charge on any atom is 0.358 e. The average molecular weight is 294 g/mol. The highest BCUT2D eigenvalue weighted by Crippen LogP contribution is 2.29.